The fourth-order valence-electron chi connectivity index (χ4n) is 2.40. The lowest BCUT2D eigenvalue weighted by molar-refractivity contribution is 0.594. The molecule has 0 unspecified atom stereocenters. The molecule has 0 bridgehead atoms. The van der Waals surface area contributed by atoms with Gasteiger partial charge in [0.1, 0.15) is 0 Å². The number of oxazole rings is 1. The van der Waals surface area contributed by atoms with Gasteiger partial charge in [0.15, 0.2) is 5.76 Å². The molecule has 1 aromatic heterocycles. The number of hydrogen-bond donors (Lipinski definition) is 1. The minimum Gasteiger partial charge on any atom is -0.423 e. The molecule has 0 atom stereocenters. The smallest absolute Gasteiger partial charge is 0.292 e. The van der Waals surface area contributed by atoms with Crippen LogP contribution in [0.1, 0.15) is 23.2 Å². The molecule has 0 radical (unpaired) electrons. The van der Waals surface area contributed by atoms with Crippen LogP contribution >= 0.6 is 0 Å². The standard InChI is InChI=1S/C13H14N2O/c1-8-12(16-13(14)15-8)11-6-5-9-3-2-4-10(9)7-11/h5-7H,2-4H2,1H3,(H2,14,15). The van der Waals surface area contributed by atoms with Crippen LogP contribution in [0.3, 0.4) is 0 Å². The highest BCUT2D eigenvalue weighted by Crippen LogP contribution is 2.30. The van der Waals surface area contributed by atoms with E-state index in [0.717, 1.165) is 17.0 Å². The predicted molar refractivity (Wildman–Crippen MR) is 63.1 cm³/mol. The van der Waals surface area contributed by atoms with E-state index in [0.29, 0.717) is 0 Å². The molecule has 0 spiro atoms. The van der Waals surface area contributed by atoms with Crippen molar-refractivity contribution in [1.82, 2.24) is 4.98 Å². The van der Waals surface area contributed by atoms with Crippen LogP contribution < -0.4 is 5.73 Å². The fourth-order valence-corrected chi connectivity index (χ4v) is 2.40. The van der Waals surface area contributed by atoms with Crippen molar-refractivity contribution in [2.75, 3.05) is 5.73 Å². The van der Waals surface area contributed by atoms with Gasteiger partial charge in [0.25, 0.3) is 6.01 Å². The highest BCUT2D eigenvalue weighted by molar-refractivity contribution is 5.63. The van der Waals surface area contributed by atoms with Crippen LogP contribution in [0, 0.1) is 6.92 Å². The molecule has 1 heterocycles. The van der Waals surface area contributed by atoms with Gasteiger partial charge in [-0.1, -0.05) is 12.1 Å². The van der Waals surface area contributed by atoms with E-state index in [4.69, 9.17) is 10.2 Å². The molecule has 3 nitrogen and oxygen atoms in total. The Morgan fingerprint density at radius 2 is 2.06 bits per heavy atom. The minimum atomic E-state index is 0.244. The summed E-state index contributed by atoms with van der Waals surface area (Å²) >= 11 is 0. The van der Waals surface area contributed by atoms with Gasteiger partial charge in [-0.3, -0.25) is 0 Å². The number of benzene rings is 1. The van der Waals surface area contributed by atoms with Gasteiger partial charge in [0, 0.05) is 5.56 Å². The largest absolute Gasteiger partial charge is 0.423 e. The molecule has 1 aliphatic carbocycles. The third-order valence-corrected chi connectivity index (χ3v) is 3.17. The summed E-state index contributed by atoms with van der Waals surface area (Å²) in [4.78, 5) is 4.09. The molecular weight excluding hydrogens is 200 g/mol. The fraction of sp³-hybridized carbons (Fsp3) is 0.308. The maximum Gasteiger partial charge on any atom is 0.292 e. The number of anilines is 1. The Labute approximate surface area is 94.3 Å². The average molecular weight is 214 g/mol. The molecule has 16 heavy (non-hydrogen) atoms. The Morgan fingerprint density at radius 3 is 2.81 bits per heavy atom. The van der Waals surface area contributed by atoms with Crippen molar-refractivity contribution in [2.45, 2.75) is 26.2 Å². The van der Waals surface area contributed by atoms with E-state index in [1.807, 2.05) is 6.92 Å². The third kappa shape index (κ3) is 1.40. The summed E-state index contributed by atoms with van der Waals surface area (Å²) < 4.78 is 5.43. The molecule has 1 aliphatic rings. The SMILES string of the molecule is Cc1nc(N)oc1-c1ccc2c(c1)CCC2. The average Bonchev–Trinajstić information content (AvgIpc) is 2.83. The van der Waals surface area contributed by atoms with Gasteiger partial charge in [-0.05, 0) is 43.4 Å². The molecule has 0 fully saturated rings. The Hall–Kier alpha value is -1.77. The van der Waals surface area contributed by atoms with E-state index in [9.17, 15) is 0 Å². The van der Waals surface area contributed by atoms with E-state index >= 15 is 0 Å². The lowest BCUT2D eigenvalue weighted by Crippen LogP contribution is -1.85. The number of nitrogens with zero attached hydrogens (tertiary/aromatic N) is 1. The zero-order valence-corrected chi connectivity index (χ0v) is 9.29. The molecule has 0 amide bonds. The number of nitrogen functional groups attached to an aromatic ring is 1. The second-order valence-corrected chi connectivity index (χ2v) is 4.30. The van der Waals surface area contributed by atoms with Crippen LogP contribution in [-0.2, 0) is 12.8 Å². The topological polar surface area (TPSA) is 52.0 Å². The number of fused-ring (bicyclic) bond motifs is 1. The highest BCUT2D eigenvalue weighted by Gasteiger charge is 2.15. The zero-order valence-electron chi connectivity index (χ0n) is 9.29. The number of hydrogen-bond acceptors (Lipinski definition) is 3. The number of aryl methyl sites for hydroxylation is 3. The van der Waals surface area contributed by atoms with Gasteiger partial charge < -0.3 is 10.2 Å². The molecule has 0 saturated carbocycles. The van der Waals surface area contributed by atoms with Gasteiger partial charge in [0.2, 0.25) is 0 Å². The Bertz CT molecular complexity index is 543. The Kier molecular flexibility index (Phi) is 1.99. The van der Waals surface area contributed by atoms with E-state index < -0.39 is 0 Å². The van der Waals surface area contributed by atoms with Crippen molar-refractivity contribution >= 4 is 6.01 Å². The lowest BCUT2D eigenvalue weighted by Gasteiger charge is -2.02. The first-order chi connectivity index (χ1) is 7.74. The Balaban J connectivity index is 2.10. The van der Waals surface area contributed by atoms with Crippen LogP contribution in [0.5, 0.6) is 0 Å². The summed E-state index contributed by atoms with van der Waals surface area (Å²) in [5.41, 5.74) is 10.4. The predicted octanol–water partition coefficient (Wildman–Crippen LogP) is 2.72. The number of nitrogens with two attached hydrogens (primary N) is 1. The molecule has 2 N–H and O–H groups in total. The van der Waals surface area contributed by atoms with Crippen molar-refractivity contribution in [3.8, 4) is 11.3 Å². The molecule has 0 saturated heterocycles. The first-order valence-electron chi connectivity index (χ1n) is 5.59. The molecule has 3 rings (SSSR count). The quantitative estimate of drug-likeness (QED) is 0.794. The molecule has 0 aliphatic heterocycles. The minimum absolute atomic E-state index is 0.244. The summed E-state index contributed by atoms with van der Waals surface area (Å²) in [5.74, 6) is 0.798. The third-order valence-electron chi connectivity index (χ3n) is 3.17. The second-order valence-electron chi connectivity index (χ2n) is 4.30. The van der Waals surface area contributed by atoms with Gasteiger partial charge >= 0.3 is 0 Å². The maximum absolute atomic E-state index is 5.55. The van der Waals surface area contributed by atoms with Gasteiger partial charge in [0.05, 0.1) is 5.69 Å². The van der Waals surface area contributed by atoms with E-state index in [2.05, 4.69) is 23.2 Å². The maximum atomic E-state index is 5.55. The normalized spacial score (nSPS) is 14.1. The van der Waals surface area contributed by atoms with Crippen LogP contribution in [0.2, 0.25) is 0 Å². The second kappa shape index (κ2) is 3.37. The first kappa shape index (κ1) is 9.46. The lowest BCUT2D eigenvalue weighted by atomic mass is 10.0. The highest BCUT2D eigenvalue weighted by atomic mass is 16.4. The van der Waals surface area contributed by atoms with Crippen LogP contribution in [0.15, 0.2) is 22.6 Å². The van der Waals surface area contributed by atoms with Crippen molar-refractivity contribution < 1.29 is 4.42 Å². The van der Waals surface area contributed by atoms with Crippen molar-refractivity contribution in [1.29, 1.82) is 0 Å². The summed E-state index contributed by atoms with van der Waals surface area (Å²) in [6.07, 6.45) is 3.63. The summed E-state index contributed by atoms with van der Waals surface area (Å²) in [5, 5.41) is 0. The summed E-state index contributed by atoms with van der Waals surface area (Å²) in [6.45, 7) is 1.92. The van der Waals surface area contributed by atoms with E-state index in [-0.39, 0.29) is 6.01 Å². The number of rotatable bonds is 1. The molecular formula is C13H14N2O. The molecule has 3 heteroatoms. The first-order valence-corrected chi connectivity index (χ1v) is 5.59. The van der Waals surface area contributed by atoms with Crippen LogP contribution in [-0.4, -0.2) is 4.98 Å². The molecule has 1 aromatic carbocycles. The number of aromatic nitrogens is 1. The molecule has 2 aromatic rings. The van der Waals surface area contributed by atoms with E-state index in [1.165, 1.54) is 30.4 Å². The molecule has 82 valence electrons. The monoisotopic (exact) mass is 214 g/mol. The van der Waals surface area contributed by atoms with Gasteiger partial charge in [-0.2, -0.15) is 4.98 Å². The van der Waals surface area contributed by atoms with Crippen molar-refractivity contribution in [2.24, 2.45) is 0 Å². The van der Waals surface area contributed by atoms with Crippen molar-refractivity contribution in [3.05, 3.63) is 35.0 Å². The zero-order chi connectivity index (χ0) is 11.1. The summed E-state index contributed by atoms with van der Waals surface area (Å²) in [6, 6.07) is 6.73. The summed E-state index contributed by atoms with van der Waals surface area (Å²) in [7, 11) is 0. The van der Waals surface area contributed by atoms with E-state index in [1.54, 1.807) is 0 Å². The van der Waals surface area contributed by atoms with Crippen molar-refractivity contribution in [3.63, 3.8) is 0 Å². The van der Waals surface area contributed by atoms with Crippen LogP contribution in [0.4, 0.5) is 6.01 Å². The Morgan fingerprint density at radius 1 is 1.25 bits per heavy atom. The van der Waals surface area contributed by atoms with Crippen LogP contribution in [0.25, 0.3) is 11.3 Å². The van der Waals surface area contributed by atoms with Gasteiger partial charge in [-0.25, -0.2) is 0 Å². The van der Waals surface area contributed by atoms with Gasteiger partial charge in [-0.15, -0.1) is 0 Å².